The summed E-state index contributed by atoms with van der Waals surface area (Å²) in [6.07, 6.45) is -74.7. The SMILES string of the molecule is COC1C(CO)OC(OC2C(CO)OC(OC3C(CO)OC(OC4C(CO)OC(OC5C(CO)OC(OC6C(CO)OC(OC7C(CO)OC(OC8C(CO)OC(Oc9ccc(CC%10NC(=O)C(N)C%10(C)C)cc9)C(O)C8O)C(OC)C7O)C(O)C6O)C(O)C5O)C(O)C4O)C(O)C3O)C(O)C2O)C(O)C1O. The monoisotopic (exact) mass is 1560 g/mol. The van der Waals surface area contributed by atoms with Crippen molar-refractivity contribution in [1.29, 1.82) is 0 Å². The van der Waals surface area contributed by atoms with E-state index in [2.05, 4.69) is 5.32 Å². The Morgan fingerprint density at radius 2 is 0.570 bits per heavy atom. The molecular formula is C63H102N2O42. The lowest BCUT2D eigenvalue weighted by Gasteiger charge is -2.50. The summed E-state index contributed by atoms with van der Waals surface area (Å²) >= 11 is 0. The van der Waals surface area contributed by atoms with Gasteiger partial charge in [0.15, 0.2) is 44.0 Å². The summed E-state index contributed by atoms with van der Waals surface area (Å²) in [6, 6.07) is 5.61. The van der Waals surface area contributed by atoms with Crippen LogP contribution in [0.1, 0.15) is 19.4 Å². The maximum atomic E-state index is 12.3. The van der Waals surface area contributed by atoms with Crippen LogP contribution in [0.2, 0.25) is 0 Å². The number of methoxy groups -OCH3 is 2. The minimum Gasteiger partial charge on any atom is -0.462 e. The molecular weight excluding hydrogens is 1460 g/mol. The van der Waals surface area contributed by atoms with Crippen LogP contribution in [0.15, 0.2) is 24.3 Å². The number of nitrogens with one attached hydrogen (secondary N) is 1. The highest BCUT2D eigenvalue weighted by atomic mass is 16.8. The molecule has 0 saturated carbocycles. The molecule has 0 bridgehead atoms. The third-order valence-corrected chi connectivity index (χ3v) is 21.0. The van der Waals surface area contributed by atoms with Gasteiger partial charge in [0.1, 0.15) is 201 Å². The number of amides is 1. The van der Waals surface area contributed by atoms with Crippen LogP contribution < -0.4 is 15.8 Å². The Labute approximate surface area is 609 Å². The number of hydrogen-bond donors (Lipinski definition) is 25. The summed E-state index contributed by atoms with van der Waals surface area (Å²) in [7, 11) is 2.28. The Morgan fingerprint density at radius 1 is 0.336 bits per heavy atom. The lowest BCUT2D eigenvalue weighted by atomic mass is 9.79. The van der Waals surface area contributed by atoms with E-state index in [4.69, 9.17) is 91.0 Å². The third-order valence-electron chi connectivity index (χ3n) is 21.0. The zero-order chi connectivity index (χ0) is 78.1. The number of carbonyl (C=O) groups is 1. The van der Waals surface area contributed by atoms with Crippen molar-refractivity contribution in [3.05, 3.63) is 29.8 Å². The Morgan fingerprint density at radius 3 is 0.832 bits per heavy atom. The predicted molar refractivity (Wildman–Crippen MR) is 336 cm³/mol. The van der Waals surface area contributed by atoms with Gasteiger partial charge in [-0.1, -0.05) is 26.0 Å². The molecule has 616 valence electrons. The third kappa shape index (κ3) is 17.7. The first-order valence-electron chi connectivity index (χ1n) is 34.7. The summed E-state index contributed by atoms with van der Waals surface area (Å²) in [5.41, 5.74) is 6.36. The second-order valence-corrected chi connectivity index (χ2v) is 28.1. The van der Waals surface area contributed by atoms with Gasteiger partial charge in [-0.25, -0.2) is 0 Å². The highest BCUT2D eigenvalue weighted by Crippen LogP contribution is 2.40. The van der Waals surface area contributed by atoms with Crippen molar-refractivity contribution in [2.45, 2.75) is 278 Å². The molecule has 9 fully saturated rings. The molecule has 1 amide bonds. The molecule has 0 aliphatic carbocycles. The Bertz CT molecular complexity index is 2900. The number of rotatable bonds is 28. The maximum absolute atomic E-state index is 12.3. The van der Waals surface area contributed by atoms with E-state index in [1.165, 1.54) is 7.11 Å². The average Bonchev–Trinajstić information content (AvgIpc) is 1.78. The smallest absolute Gasteiger partial charge is 0.237 e. The van der Waals surface area contributed by atoms with Crippen LogP contribution in [0.4, 0.5) is 0 Å². The minimum atomic E-state index is -2.26. The van der Waals surface area contributed by atoms with E-state index in [9.17, 15) is 122 Å². The van der Waals surface area contributed by atoms with Crippen molar-refractivity contribution in [2.24, 2.45) is 11.1 Å². The van der Waals surface area contributed by atoms with Gasteiger partial charge in [0.2, 0.25) is 12.2 Å². The fourth-order valence-corrected chi connectivity index (χ4v) is 14.5. The Balaban J connectivity index is 0.709. The quantitative estimate of drug-likeness (QED) is 0.0370. The minimum absolute atomic E-state index is 0.187. The lowest BCUT2D eigenvalue weighted by Crippen LogP contribution is -2.68. The van der Waals surface area contributed by atoms with Crippen molar-refractivity contribution in [1.82, 2.24) is 5.32 Å². The summed E-state index contributed by atoms with van der Waals surface area (Å²) in [4.78, 5) is 12.3. The van der Waals surface area contributed by atoms with E-state index in [1.54, 1.807) is 24.3 Å². The van der Waals surface area contributed by atoms with Crippen LogP contribution in [0.5, 0.6) is 5.75 Å². The average molecular weight is 1560 g/mol. The highest BCUT2D eigenvalue weighted by Gasteiger charge is 2.60. The van der Waals surface area contributed by atoms with E-state index < -0.39 is 310 Å². The van der Waals surface area contributed by atoms with Gasteiger partial charge >= 0.3 is 0 Å². The zero-order valence-electron chi connectivity index (χ0n) is 58.0. The van der Waals surface area contributed by atoms with Crippen LogP contribution in [0, 0.1) is 5.41 Å². The molecule has 9 saturated heterocycles. The van der Waals surface area contributed by atoms with Crippen LogP contribution >= 0.6 is 0 Å². The molecule has 44 heteroatoms. The van der Waals surface area contributed by atoms with Gasteiger partial charge in [-0.15, -0.1) is 0 Å². The molecule has 0 aromatic heterocycles. The Hall–Kier alpha value is -3.15. The van der Waals surface area contributed by atoms with Crippen molar-refractivity contribution in [2.75, 3.05) is 67.1 Å². The van der Waals surface area contributed by atoms with Gasteiger partial charge < -0.3 is 214 Å². The first-order chi connectivity index (χ1) is 50.9. The van der Waals surface area contributed by atoms with Gasteiger partial charge in [0.25, 0.3) is 0 Å². The van der Waals surface area contributed by atoms with Gasteiger partial charge in [-0.2, -0.15) is 0 Å². The van der Waals surface area contributed by atoms with Crippen molar-refractivity contribution < 1.29 is 208 Å². The number of aliphatic hydroxyl groups is 23. The lowest BCUT2D eigenvalue weighted by molar-refractivity contribution is -0.399. The largest absolute Gasteiger partial charge is 0.462 e. The molecule has 9 aliphatic rings. The van der Waals surface area contributed by atoms with E-state index in [1.807, 2.05) is 13.8 Å². The predicted octanol–water partition coefficient (Wildman–Crippen LogP) is -15.7. The first kappa shape index (κ1) is 86.3. The number of nitrogens with two attached hydrogens (primary N) is 1. The van der Waals surface area contributed by atoms with Crippen molar-refractivity contribution >= 4 is 5.91 Å². The Kier molecular flexibility index (Phi) is 29.8. The van der Waals surface area contributed by atoms with Crippen molar-refractivity contribution in [3.8, 4) is 5.75 Å². The number of ether oxygens (including phenoxy) is 18. The molecule has 0 spiro atoms. The molecule has 1 aromatic rings. The summed E-state index contributed by atoms with van der Waals surface area (Å²) in [5, 5.41) is 256. The topological polar surface area (TPSA) is 687 Å². The molecule has 44 nitrogen and oxygen atoms in total. The molecule has 1 aromatic carbocycles. The van der Waals surface area contributed by atoms with E-state index in [-0.39, 0.29) is 17.7 Å². The number of benzene rings is 1. The standard InChI is InChI=1S/C63H102N2O42/c1-63(2)28(65-54(89)53(63)64)9-18-5-7-19(8-6-18)92-55-37(82)30(75)50(26(16-72)94-55)107-62-52(91-4)43(88)51(27(17-73)100-62)106-61-42(87)35(80)49(25(15-71)99-61)105-60-41(86)34(79)48(24(14-70)98-60)104-59-40(85)33(78)47(23(13-69)97-59)103-58-39(84)32(77)46(22(12-68)96-58)102-57-38(83)31(76)45(21(11-67)95-57)101-56-36(81)29(74)44(90-3)20(10-66)93-56/h5-8,20-53,55-62,66-88H,9-17,64H2,1-4H3,(H,65,89). The van der Waals surface area contributed by atoms with E-state index in [0.717, 1.165) is 12.7 Å². The molecule has 9 heterocycles. The number of carbonyl (C=O) groups excluding carboxylic acids is 1. The van der Waals surface area contributed by atoms with Gasteiger partial charge in [0.05, 0.1) is 58.9 Å². The summed E-state index contributed by atoms with van der Waals surface area (Å²) in [5.74, 6) is -0.0788. The highest BCUT2D eigenvalue weighted by molar-refractivity contribution is 5.85. The summed E-state index contributed by atoms with van der Waals surface area (Å²) in [6.45, 7) is -4.02. The first-order valence-corrected chi connectivity index (χ1v) is 34.7. The molecule has 42 atom stereocenters. The van der Waals surface area contributed by atoms with Gasteiger partial charge in [-0.3, -0.25) is 4.79 Å². The molecule has 42 unspecified atom stereocenters. The van der Waals surface area contributed by atoms with Crippen LogP contribution in [-0.2, 0) is 91.7 Å². The molecule has 9 aliphatic heterocycles. The summed E-state index contributed by atoms with van der Waals surface area (Å²) < 4.78 is 103. The second-order valence-electron chi connectivity index (χ2n) is 28.1. The van der Waals surface area contributed by atoms with Crippen LogP contribution in [-0.4, -0.2) is 448 Å². The molecule has 0 radical (unpaired) electrons. The van der Waals surface area contributed by atoms with E-state index in [0.29, 0.717) is 6.42 Å². The number of aliphatic hydroxyl groups excluding tert-OH is 23. The van der Waals surface area contributed by atoms with E-state index >= 15 is 0 Å². The normalized spacial score (nSPS) is 49.1. The van der Waals surface area contributed by atoms with Gasteiger partial charge in [0, 0.05) is 25.7 Å². The van der Waals surface area contributed by atoms with Crippen LogP contribution in [0.3, 0.4) is 0 Å². The van der Waals surface area contributed by atoms with Gasteiger partial charge in [-0.05, 0) is 24.1 Å². The molecule has 26 N–H and O–H groups in total. The fraction of sp³-hybridized carbons (Fsp3) is 0.889. The fourth-order valence-electron chi connectivity index (χ4n) is 14.5. The number of hydrogen-bond acceptors (Lipinski definition) is 43. The maximum Gasteiger partial charge on any atom is 0.237 e. The molecule has 107 heavy (non-hydrogen) atoms. The second kappa shape index (κ2) is 37.0. The van der Waals surface area contributed by atoms with Crippen molar-refractivity contribution in [3.63, 3.8) is 0 Å². The molecule has 10 rings (SSSR count). The van der Waals surface area contributed by atoms with Crippen LogP contribution in [0.25, 0.3) is 0 Å². The zero-order valence-corrected chi connectivity index (χ0v) is 58.0.